The summed E-state index contributed by atoms with van der Waals surface area (Å²) in [5.41, 5.74) is -0.292. The summed E-state index contributed by atoms with van der Waals surface area (Å²) < 4.78 is 38.5. The number of hydrogen-bond acceptors (Lipinski definition) is 2. The average Bonchev–Trinajstić information content (AvgIpc) is 2.89. The fraction of sp³-hybridized carbons (Fsp3) is 0.286. The summed E-state index contributed by atoms with van der Waals surface area (Å²) in [5, 5.41) is 5.08. The van der Waals surface area contributed by atoms with E-state index in [1.165, 1.54) is 12.1 Å². The standard InChI is InChI=1S/C14H14F3NS/c1-10(13-7-4-8-19-13)18-9-11-5-2-3-6-12(11)14(15,16)17/h2-8,10,18H,9H2,1H3/t10-/m0/s1. The SMILES string of the molecule is C[C@H](NCc1ccccc1C(F)(F)F)c1cccs1. The molecule has 0 amide bonds. The van der Waals surface area contributed by atoms with Gasteiger partial charge in [0.25, 0.3) is 0 Å². The van der Waals surface area contributed by atoms with Gasteiger partial charge in [0.15, 0.2) is 0 Å². The second-order valence-electron chi connectivity index (χ2n) is 4.27. The fourth-order valence-corrected chi connectivity index (χ4v) is 2.61. The lowest BCUT2D eigenvalue weighted by atomic mass is 10.1. The number of benzene rings is 1. The fourth-order valence-electron chi connectivity index (χ4n) is 1.85. The van der Waals surface area contributed by atoms with Crippen molar-refractivity contribution in [3.8, 4) is 0 Å². The van der Waals surface area contributed by atoms with E-state index in [0.29, 0.717) is 0 Å². The second kappa shape index (κ2) is 5.75. The summed E-state index contributed by atoms with van der Waals surface area (Å²) in [6.45, 7) is 2.15. The molecule has 1 N–H and O–H groups in total. The first kappa shape index (κ1) is 14.1. The number of thiophene rings is 1. The Morgan fingerprint density at radius 1 is 1.16 bits per heavy atom. The molecule has 0 aliphatic carbocycles. The number of halogens is 3. The highest BCUT2D eigenvalue weighted by Crippen LogP contribution is 2.32. The van der Waals surface area contributed by atoms with E-state index >= 15 is 0 Å². The van der Waals surface area contributed by atoms with E-state index in [0.717, 1.165) is 10.9 Å². The molecule has 0 unspecified atom stereocenters. The third kappa shape index (κ3) is 3.58. The van der Waals surface area contributed by atoms with Gasteiger partial charge < -0.3 is 5.32 Å². The van der Waals surface area contributed by atoms with Crippen molar-refractivity contribution in [2.45, 2.75) is 25.7 Å². The van der Waals surface area contributed by atoms with Gasteiger partial charge in [-0.3, -0.25) is 0 Å². The highest BCUT2D eigenvalue weighted by molar-refractivity contribution is 7.10. The van der Waals surface area contributed by atoms with Gasteiger partial charge in [0, 0.05) is 17.5 Å². The summed E-state index contributed by atoms with van der Waals surface area (Å²) in [5.74, 6) is 0. The summed E-state index contributed by atoms with van der Waals surface area (Å²) >= 11 is 1.59. The molecule has 0 saturated carbocycles. The van der Waals surface area contributed by atoms with Crippen LogP contribution in [0, 0.1) is 0 Å². The lowest BCUT2D eigenvalue weighted by molar-refractivity contribution is -0.138. The van der Waals surface area contributed by atoms with Gasteiger partial charge in [-0.15, -0.1) is 11.3 Å². The van der Waals surface area contributed by atoms with Gasteiger partial charge in [-0.2, -0.15) is 13.2 Å². The molecule has 0 saturated heterocycles. The molecule has 1 aromatic carbocycles. The summed E-state index contributed by atoms with van der Waals surface area (Å²) in [6.07, 6.45) is -4.30. The lowest BCUT2D eigenvalue weighted by Crippen LogP contribution is -2.20. The van der Waals surface area contributed by atoms with Crippen LogP contribution in [0.4, 0.5) is 13.2 Å². The quantitative estimate of drug-likeness (QED) is 0.864. The number of hydrogen-bond donors (Lipinski definition) is 1. The number of nitrogens with one attached hydrogen (secondary N) is 1. The van der Waals surface area contributed by atoms with Crippen LogP contribution in [0.5, 0.6) is 0 Å². The Balaban J connectivity index is 2.08. The zero-order chi connectivity index (χ0) is 13.9. The Morgan fingerprint density at radius 3 is 2.53 bits per heavy atom. The summed E-state index contributed by atoms with van der Waals surface area (Å²) in [7, 11) is 0. The Morgan fingerprint density at radius 2 is 1.89 bits per heavy atom. The first-order valence-electron chi connectivity index (χ1n) is 5.90. The van der Waals surface area contributed by atoms with Gasteiger partial charge >= 0.3 is 6.18 Å². The second-order valence-corrected chi connectivity index (χ2v) is 5.25. The predicted molar refractivity (Wildman–Crippen MR) is 71.0 cm³/mol. The van der Waals surface area contributed by atoms with Crippen LogP contribution in [0.25, 0.3) is 0 Å². The molecule has 1 heterocycles. The molecule has 19 heavy (non-hydrogen) atoms. The van der Waals surface area contributed by atoms with E-state index in [4.69, 9.17) is 0 Å². The van der Waals surface area contributed by atoms with E-state index in [-0.39, 0.29) is 18.2 Å². The summed E-state index contributed by atoms with van der Waals surface area (Å²) in [4.78, 5) is 1.12. The van der Waals surface area contributed by atoms with Crippen molar-refractivity contribution in [1.82, 2.24) is 5.32 Å². The van der Waals surface area contributed by atoms with E-state index < -0.39 is 11.7 Å². The average molecular weight is 285 g/mol. The monoisotopic (exact) mass is 285 g/mol. The van der Waals surface area contributed by atoms with E-state index in [2.05, 4.69) is 5.32 Å². The van der Waals surface area contributed by atoms with Gasteiger partial charge in [0.05, 0.1) is 5.56 Å². The van der Waals surface area contributed by atoms with Crippen LogP contribution in [0.3, 0.4) is 0 Å². The summed E-state index contributed by atoms with van der Waals surface area (Å²) in [6, 6.07) is 9.61. The smallest absolute Gasteiger partial charge is 0.305 e. The minimum Gasteiger partial charge on any atom is -0.305 e. The third-order valence-corrected chi connectivity index (χ3v) is 3.95. The zero-order valence-electron chi connectivity index (χ0n) is 10.4. The minimum atomic E-state index is -4.30. The molecule has 1 aromatic heterocycles. The van der Waals surface area contributed by atoms with Gasteiger partial charge in [-0.05, 0) is 30.0 Å². The molecule has 102 valence electrons. The molecular weight excluding hydrogens is 271 g/mol. The largest absolute Gasteiger partial charge is 0.416 e. The maximum absolute atomic E-state index is 12.8. The van der Waals surface area contributed by atoms with Gasteiger partial charge in [0.2, 0.25) is 0 Å². The first-order chi connectivity index (χ1) is 8.98. The molecular formula is C14H14F3NS. The molecule has 0 fully saturated rings. The Hall–Kier alpha value is -1.33. The molecule has 0 aliphatic rings. The van der Waals surface area contributed by atoms with E-state index in [1.807, 2.05) is 24.4 Å². The topological polar surface area (TPSA) is 12.0 Å². The zero-order valence-corrected chi connectivity index (χ0v) is 11.2. The molecule has 5 heteroatoms. The Labute approximate surface area is 114 Å². The molecule has 1 atom stereocenters. The van der Waals surface area contributed by atoms with Crippen molar-refractivity contribution in [3.05, 3.63) is 57.8 Å². The molecule has 2 aromatic rings. The van der Waals surface area contributed by atoms with Gasteiger partial charge in [-0.1, -0.05) is 24.3 Å². The highest BCUT2D eigenvalue weighted by Gasteiger charge is 2.32. The van der Waals surface area contributed by atoms with Crippen molar-refractivity contribution in [3.63, 3.8) is 0 Å². The van der Waals surface area contributed by atoms with Crippen molar-refractivity contribution in [2.24, 2.45) is 0 Å². The van der Waals surface area contributed by atoms with Crippen LogP contribution in [-0.4, -0.2) is 0 Å². The normalized spacial score (nSPS) is 13.5. The lowest BCUT2D eigenvalue weighted by Gasteiger charge is -2.16. The molecule has 0 spiro atoms. The Kier molecular flexibility index (Phi) is 4.27. The van der Waals surface area contributed by atoms with Crippen molar-refractivity contribution in [1.29, 1.82) is 0 Å². The molecule has 0 radical (unpaired) electrons. The van der Waals surface area contributed by atoms with Crippen LogP contribution in [0.2, 0.25) is 0 Å². The Bertz CT molecular complexity index is 520. The molecule has 0 aliphatic heterocycles. The van der Waals surface area contributed by atoms with Crippen molar-refractivity contribution < 1.29 is 13.2 Å². The van der Waals surface area contributed by atoms with Gasteiger partial charge in [-0.25, -0.2) is 0 Å². The van der Waals surface area contributed by atoms with Gasteiger partial charge in [0.1, 0.15) is 0 Å². The van der Waals surface area contributed by atoms with Crippen molar-refractivity contribution >= 4 is 11.3 Å². The van der Waals surface area contributed by atoms with Crippen molar-refractivity contribution in [2.75, 3.05) is 0 Å². The highest BCUT2D eigenvalue weighted by atomic mass is 32.1. The number of rotatable bonds is 4. The molecule has 0 bridgehead atoms. The minimum absolute atomic E-state index is 0.0429. The van der Waals surface area contributed by atoms with Crippen LogP contribution in [0.15, 0.2) is 41.8 Å². The third-order valence-electron chi connectivity index (χ3n) is 2.89. The van der Waals surface area contributed by atoms with E-state index in [9.17, 15) is 13.2 Å². The maximum atomic E-state index is 12.8. The predicted octanol–water partition coefficient (Wildman–Crippen LogP) is 4.62. The molecule has 2 rings (SSSR count). The van der Waals surface area contributed by atoms with Crippen LogP contribution in [-0.2, 0) is 12.7 Å². The van der Waals surface area contributed by atoms with Crippen LogP contribution < -0.4 is 5.32 Å². The first-order valence-corrected chi connectivity index (χ1v) is 6.78. The number of alkyl halides is 3. The maximum Gasteiger partial charge on any atom is 0.416 e. The van der Waals surface area contributed by atoms with Crippen LogP contribution in [0.1, 0.15) is 29.0 Å². The van der Waals surface area contributed by atoms with Crippen LogP contribution >= 0.6 is 11.3 Å². The van der Waals surface area contributed by atoms with E-state index in [1.54, 1.807) is 17.4 Å². The molecule has 1 nitrogen and oxygen atoms in total.